The van der Waals surface area contributed by atoms with Crippen LogP contribution in [0.2, 0.25) is 0 Å². The molecule has 0 unspecified atom stereocenters. The van der Waals surface area contributed by atoms with E-state index < -0.39 is 11.9 Å². The molecule has 2 aromatic rings. The van der Waals surface area contributed by atoms with Crippen molar-refractivity contribution in [3.05, 3.63) is 35.9 Å². The Labute approximate surface area is 95.6 Å². The van der Waals surface area contributed by atoms with Crippen molar-refractivity contribution in [2.75, 3.05) is 7.11 Å². The summed E-state index contributed by atoms with van der Waals surface area (Å²) < 4.78 is 4.38. The van der Waals surface area contributed by atoms with Crippen LogP contribution in [0.15, 0.2) is 24.5 Å². The molecule has 0 bridgehead atoms. The van der Waals surface area contributed by atoms with Crippen molar-refractivity contribution in [3.63, 3.8) is 0 Å². The number of methoxy groups -OCH3 is 1. The summed E-state index contributed by atoms with van der Waals surface area (Å²) in [5.74, 6) is -1.38. The molecule has 0 atom stereocenters. The molecule has 0 amide bonds. The normalized spacial score (nSPS) is 9.00. The fraction of sp³-hybridized carbons (Fsp3) is 0.111. The molecule has 0 aromatic carbocycles. The first-order chi connectivity index (χ1) is 8.15. The van der Waals surface area contributed by atoms with Gasteiger partial charge in [0.25, 0.3) is 0 Å². The Hall–Kier alpha value is -2.64. The number of ether oxygens (including phenoxy) is 1. The van der Waals surface area contributed by atoms with Crippen molar-refractivity contribution in [1.82, 2.24) is 20.4 Å². The number of aromatic amines is 2. The van der Waals surface area contributed by atoms with E-state index in [9.17, 15) is 9.59 Å². The van der Waals surface area contributed by atoms with Crippen LogP contribution in [0.3, 0.4) is 0 Å². The van der Waals surface area contributed by atoms with Crippen LogP contribution < -0.4 is 0 Å². The number of carbonyl (C=O) groups is 2. The van der Waals surface area contributed by atoms with E-state index in [0.717, 1.165) is 0 Å². The zero-order chi connectivity index (χ0) is 12.7. The van der Waals surface area contributed by atoms with Crippen molar-refractivity contribution in [3.8, 4) is 0 Å². The van der Waals surface area contributed by atoms with Crippen LogP contribution in [-0.4, -0.2) is 44.5 Å². The summed E-state index contributed by atoms with van der Waals surface area (Å²) in [5, 5.41) is 20.0. The van der Waals surface area contributed by atoms with Crippen LogP contribution in [0.5, 0.6) is 0 Å². The lowest BCUT2D eigenvalue weighted by atomic mass is 10.4. The number of aromatic nitrogens is 4. The van der Waals surface area contributed by atoms with Gasteiger partial charge in [0, 0.05) is 12.4 Å². The second kappa shape index (κ2) is 6.05. The number of nitrogens with zero attached hydrogens (tertiary/aromatic N) is 2. The summed E-state index contributed by atoms with van der Waals surface area (Å²) in [5.41, 5.74) is 0.488. The van der Waals surface area contributed by atoms with Gasteiger partial charge in [0.1, 0.15) is 11.4 Å². The summed E-state index contributed by atoms with van der Waals surface area (Å²) in [6.07, 6.45) is 2.88. The number of nitrogens with one attached hydrogen (secondary N) is 2. The Bertz CT molecular complexity index is 463. The number of hydrogen-bond acceptors (Lipinski definition) is 5. The summed E-state index contributed by atoms with van der Waals surface area (Å²) >= 11 is 0. The second-order valence-electron chi connectivity index (χ2n) is 2.74. The number of carboxylic acid groups (broad SMARTS) is 1. The van der Waals surface area contributed by atoms with Gasteiger partial charge in [-0.25, -0.2) is 9.59 Å². The Morgan fingerprint density at radius 1 is 1.18 bits per heavy atom. The highest BCUT2D eigenvalue weighted by atomic mass is 16.5. The highest BCUT2D eigenvalue weighted by molar-refractivity contribution is 5.86. The minimum atomic E-state index is -0.984. The number of hydrogen-bond donors (Lipinski definition) is 3. The van der Waals surface area contributed by atoms with Crippen LogP contribution >= 0.6 is 0 Å². The Morgan fingerprint density at radius 3 is 2.00 bits per heavy atom. The zero-order valence-electron chi connectivity index (χ0n) is 8.88. The van der Waals surface area contributed by atoms with E-state index in [-0.39, 0.29) is 5.69 Å². The third-order valence-corrected chi connectivity index (χ3v) is 1.64. The maximum Gasteiger partial charge on any atom is 0.356 e. The molecule has 0 saturated heterocycles. The van der Waals surface area contributed by atoms with Gasteiger partial charge in [-0.1, -0.05) is 0 Å². The maximum absolute atomic E-state index is 10.6. The standard InChI is InChI=1S/C5H6N2O2.C4H4N2O2/c1-9-5(8)4-2-3-6-7-4;7-4(8)3-1-2-5-6-3/h2-3H,1H3,(H,6,7);1-2H,(H,5,6)(H,7,8). The summed E-state index contributed by atoms with van der Waals surface area (Å²) in [4.78, 5) is 20.6. The molecular formula is C9H10N4O4. The third-order valence-electron chi connectivity index (χ3n) is 1.64. The maximum atomic E-state index is 10.6. The number of carbonyl (C=O) groups excluding carboxylic acids is 1. The third kappa shape index (κ3) is 3.78. The molecule has 0 aliphatic heterocycles. The first-order valence-electron chi connectivity index (χ1n) is 4.45. The van der Waals surface area contributed by atoms with Crippen LogP contribution in [0.4, 0.5) is 0 Å². The van der Waals surface area contributed by atoms with Gasteiger partial charge >= 0.3 is 11.9 Å². The molecule has 2 heterocycles. The number of H-pyrrole nitrogens is 2. The smallest absolute Gasteiger partial charge is 0.356 e. The predicted molar refractivity (Wildman–Crippen MR) is 55.5 cm³/mol. The Kier molecular flexibility index (Phi) is 4.43. The summed E-state index contributed by atoms with van der Waals surface area (Å²) in [7, 11) is 1.32. The molecule has 8 nitrogen and oxygen atoms in total. The second-order valence-corrected chi connectivity index (χ2v) is 2.74. The van der Waals surface area contributed by atoms with Crippen molar-refractivity contribution in [2.45, 2.75) is 0 Å². The molecule has 0 aliphatic rings. The van der Waals surface area contributed by atoms with Crippen molar-refractivity contribution < 1.29 is 19.4 Å². The Morgan fingerprint density at radius 2 is 1.71 bits per heavy atom. The van der Waals surface area contributed by atoms with Gasteiger partial charge in [0.15, 0.2) is 0 Å². The van der Waals surface area contributed by atoms with Crippen LogP contribution in [-0.2, 0) is 4.74 Å². The lowest BCUT2D eigenvalue weighted by Crippen LogP contribution is -2.00. The van der Waals surface area contributed by atoms with Gasteiger partial charge in [-0.05, 0) is 12.1 Å². The molecular weight excluding hydrogens is 228 g/mol. The number of aromatic carboxylic acids is 1. The van der Waals surface area contributed by atoms with Gasteiger partial charge in [0.2, 0.25) is 0 Å². The fourth-order valence-electron chi connectivity index (χ4n) is 0.855. The van der Waals surface area contributed by atoms with E-state index in [4.69, 9.17) is 5.11 Å². The predicted octanol–water partition coefficient (Wildman–Crippen LogP) is 0.304. The van der Waals surface area contributed by atoms with Gasteiger partial charge in [-0.3, -0.25) is 10.2 Å². The van der Waals surface area contributed by atoms with E-state index in [1.165, 1.54) is 25.6 Å². The van der Waals surface area contributed by atoms with E-state index in [2.05, 4.69) is 25.1 Å². The highest BCUT2D eigenvalue weighted by Gasteiger charge is 2.03. The first kappa shape index (κ1) is 12.4. The molecule has 0 fully saturated rings. The van der Waals surface area contributed by atoms with E-state index in [1.807, 2.05) is 0 Å². The van der Waals surface area contributed by atoms with Crippen molar-refractivity contribution in [2.24, 2.45) is 0 Å². The van der Waals surface area contributed by atoms with Crippen molar-refractivity contribution in [1.29, 1.82) is 0 Å². The van der Waals surface area contributed by atoms with Crippen molar-refractivity contribution >= 4 is 11.9 Å². The van der Waals surface area contributed by atoms with Gasteiger partial charge in [0.05, 0.1) is 7.11 Å². The lowest BCUT2D eigenvalue weighted by Gasteiger charge is -1.90. The van der Waals surface area contributed by atoms with Gasteiger partial charge in [-0.15, -0.1) is 0 Å². The molecule has 90 valence electrons. The largest absolute Gasteiger partial charge is 0.477 e. The van der Waals surface area contributed by atoms with Crippen LogP contribution in [0.1, 0.15) is 21.0 Å². The van der Waals surface area contributed by atoms with Gasteiger partial charge in [-0.2, -0.15) is 10.2 Å². The monoisotopic (exact) mass is 238 g/mol. The number of rotatable bonds is 2. The summed E-state index contributed by atoms with van der Waals surface area (Å²) in [6, 6.07) is 2.94. The molecule has 0 saturated carbocycles. The molecule has 0 aliphatic carbocycles. The van der Waals surface area contributed by atoms with Crippen LogP contribution in [0, 0.1) is 0 Å². The van der Waals surface area contributed by atoms with Gasteiger partial charge < -0.3 is 9.84 Å². The molecule has 3 N–H and O–H groups in total. The molecule has 2 rings (SSSR count). The fourth-order valence-corrected chi connectivity index (χ4v) is 0.855. The minimum Gasteiger partial charge on any atom is -0.477 e. The highest BCUT2D eigenvalue weighted by Crippen LogP contribution is 1.92. The molecule has 2 aromatic heterocycles. The zero-order valence-corrected chi connectivity index (χ0v) is 8.88. The Balaban J connectivity index is 0.000000171. The van der Waals surface area contributed by atoms with E-state index in [1.54, 1.807) is 6.07 Å². The van der Waals surface area contributed by atoms with Crippen LogP contribution in [0.25, 0.3) is 0 Å². The lowest BCUT2D eigenvalue weighted by molar-refractivity contribution is 0.0593. The minimum absolute atomic E-state index is 0.116. The number of esters is 1. The molecule has 0 radical (unpaired) electrons. The van der Waals surface area contributed by atoms with E-state index >= 15 is 0 Å². The quantitative estimate of drug-likeness (QED) is 0.647. The molecule has 0 spiro atoms. The summed E-state index contributed by atoms with van der Waals surface area (Å²) in [6.45, 7) is 0. The SMILES string of the molecule is COC(=O)c1ccn[nH]1.O=C(O)c1ccn[nH]1. The molecule has 8 heteroatoms. The number of carboxylic acids is 1. The molecule has 17 heavy (non-hydrogen) atoms. The first-order valence-corrected chi connectivity index (χ1v) is 4.45. The topological polar surface area (TPSA) is 121 Å². The average molecular weight is 238 g/mol. The average Bonchev–Trinajstić information content (AvgIpc) is 3.01. The van der Waals surface area contributed by atoms with E-state index in [0.29, 0.717) is 5.69 Å².